The molecular formula is C14H20N2O5. The van der Waals surface area contributed by atoms with Crippen molar-refractivity contribution < 1.29 is 24.5 Å². The lowest BCUT2D eigenvalue weighted by Crippen LogP contribution is -2.43. The van der Waals surface area contributed by atoms with Crippen molar-refractivity contribution >= 4 is 17.7 Å². The van der Waals surface area contributed by atoms with E-state index in [1.807, 2.05) is 12.1 Å². The number of aliphatic carboxylic acids is 1. The molecule has 116 valence electrons. The second-order valence-electron chi connectivity index (χ2n) is 4.97. The summed E-state index contributed by atoms with van der Waals surface area (Å²) in [6.45, 7) is 1.53. The molecule has 0 saturated heterocycles. The van der Waals surface area contributed by atoms with Crippen LogP contribution in [-0.4, -0.2) is 41.5 Å². The Morgan fingerprint density at radius 1 is 1.33 bits per heavy atom. The lowest BCUT2D eigenvalue weighted by molar-refractivity contribution is -0.141. The van der Waals surface area contributed by atoms with Crippen LogP contribution in [0.3, 0.4) is 0 Å². The average molecular weight is 296 g/mol. The minimum absolute atomic E-state index is 0.169. The van der Waals surface area contributed by atoms with E-state index in [4.69, 9.17) is 9.84 Å². The number of amides is 2. The highest BCUT2D eigenvalue weighted by molar-refractivity contribution is 5.90. The van der Waals surface area contributed by atoms with Crippen LogP contribution in [0.2, 0.25) is 0 Å². The summed E-state index contributed by atoms with van der Waals surface area (Å²) in [5, 5.41) is 23.5. The van der Waals surface area contributed by atoms with Gasteiger partial charge in [0, 0.05) is 24.9 Å². The van der Waals surface area contributed by atoms with Crippen molar-refractivity contribution in [1.29, 1.82) is 0 Å². The number of para-hydroxylation sites is 1. The minimum Gasteiger partial charge on any atom is -0.481 e. The number of carboxylic acids is 1. The predicted octanol–water partition coefficient (Wildman–Crippen LogP) is 1.18. The molecule has 4 N–H and O–H groups in total. The largest absolute Gasteiger partial charge is 0.481 e. The van der Waals surface area contributed by atoms with Gasteiger partial charge >= 0.3 is 12.0 Å². The SMILES string of the molecule is COCc1ccccc1NC(=O)NCC(C)(O)CC(=O)O. The molecule has 0 aliphatic carbocycles. The van der Waals surface area contributed by atoms with Gasteiger partial charge in [0.1, 0.15) is 0 Å². The van der Waals surface area contributed by atoms with Crippen LogP contribution in [0.25, 0.3) is 0 Å². The first-order chi connectivity index (χ1) is 9.84. The fraction of sp³-hybridized carbons (Fsp3) is 0.429. The van der Waals surface area contributed by atoms with E-state index in [-0.39, 0.29) is 6.54 Å². The maximum absolute atomic E-state index is 11.8. The Morgan fingerprint density at radius 3 is 2.62 bits per heavy atom. The predicted molar refractivity (Wildman–Crippen MR) is 77.1 cm³/mol. The van der Waals surface area contributed by atoms with Gasteiger partial charge in [0.25, 0.3) is 0 Å². The van der Waals surface area contributed by atoms with Crippen molar-refractivity contribution in [1.82, 2.24) is 5.32 Å². The van der Waals surface area contributed by atoms with Crippen LogP contribution in [0.1, 0.15) is 18.9 Å². The Kier molecular flexibility index (Phi) is 6.13. The summed E-state index contributed by atoms with van der Waals surface area (Å²) in [7, 11) is 1.56. The highest BCUT2D eigenvalue weighted by Gasteiger charge is 2.24. The van der Waals surface area contributed by atoms with E-state index in [1.54, 1.807) is 19.2 Å². The molecular weight excluding hydrogens is 276 g/mol. The summed E-state index contributed by atoms with van der Waals surface area (Å²) < 4.78 is 5.03. The third-order valence-electron chi connectivity index (χ3n) is 2.73. The molecule has 21 heavy (non-hydrogen) atoms. The van der Waals surface area contributed by atoms with E-state index in [0.29, 0.717) is 12.3 Å². The molecule has 0 aromatic heterocycles. The normalized spacial score (nSPS) is 13.3. The number of carbonyl (C=O) groups excluding carboxylic acids is 1. The van der Waals surface area contributed by atoms with Gasteiger partial charge in [-0.3, -0.25) is 4.79 Å². The highest BCUT2D eigenvalue weighted by Crippen LogP contribution is 2.15. The molecule has 1 atom stereocenters. The summed E-state index contributed by atoms with van der Waals surface area (Å²) in [4.78, 5) is 22.3. The number of carbonyl (C=O) groups is 2. The van der Waals surface area contributed by atoms with Crippen molar-refractivity contribution in [2.45, 2.75) is 25.6 Å². The summed E-state index contributed by atoms with van der Waals surface area (Å²) in [5.74, 6) is -1.13. The van der Waals surface area contributed by atoms with E-state index in [0.717, 1.165) is 5.56 Å². The number of carboxylic acid groups (broad SMARTS) is 1. The van der Waals surface area contributed by atoms with Gasteiger partial charge in [-0.05, 0) is 13.0 Å². The first kappa shape index (κ1) is 16.9. The fourth-order valence-corrected chi connectivity index (χ4v) is 1.75. The average Bonchev–Trinajstić information content (AvgIpc) is 2.38. The first-order valence-corrected chi connectivity index (χ1v) is 6.40. The summed E-state index contributed by atoms with van der Waals surface area (Å²) in [5.41, 5.74) is -0.1000. The van der Waals surface area contributed by atoms with Gasteiger partial charge in [0.05, 0.1) is 18.6 Å². The van der Waals surface area contributed by atoms with Gasteiger partial charge in [0.2, 0.25) is 0 Å². The molecule has 2 amide bonds. The maximum atomic E-state index is 11.8. The molecule has 0 saturated carbocycles. The van der Waals surface area contributed by atoms with E-state index in [2.05, 4.69) is 10.6 Å². The number of nitrogens with one attached hydrogen (secondary N) is 2. The number of rotatable bonds is 7. The third-order valence-corrected chi connectivity index (χ3v) is 2.73. The van der Waals surface area contributed by atoms with Gasteiger partial charge in [0.15, 0.2) is 0 Å². The van der Waals surface area contributed by atoms with Gasteiger partial charge in [-0.2, -0.15) is 0 Å². The lowest BCUT2D eigenvalue weighted by Gasteiger charge is -2.21. The van der Waals surface area contributed by atoms with Crippen LogP contribution in [0.5, 0.6) is 0 Å². The zero-order valence-corrected chi connectivity index (χ0v) is 12.0. The van der Waals surface area contributed by atoms with Gasteiger partial charge < -0.3 is 25.6 Å². The van der Waals surface area contributed by atoms with Crippen LogP contribution in [0, 0.1) is 0 Å². The first-order valence-electron chi connectivity index (χ1n) is 6.40. The van der Waals surface area contributed by atoms with E-state index in [1.165, 1.54) is 6.92 Å². The smallest absolute Gasteiger partial charge is 0.319 e. The topological polar surface area (TPSA) is 108 Å². The third kappa shape index (κ3) is 6.24. The second-order valence-corrected chi connectivity index (χ2v) is 4.97. The molecule has 0 aliphatic rings. The highest BCUT2D eigenvalue weighted by atomic mass is 16.5. The number of anilines is 1. The number of urea groups is 1. The van der Waals surface area contributed by atoms with Crippen LogP contribution in [0.4, 0.5) is 10.5 Å². The van der Waals surface area contributed by atoms with Crippen molar-refractivity contribution in [2.75, 3.05) is 19.0 Å². The van der Waals surface area contributed by atoms with Gasteiger partial charge in [-0.15, -0.1) is 0 Å². The Hall–Kier alpha value is -2.12. The molecule has 1 aromatic rings. The minimum atomic E-state index is -1.50. The molecule has 0 radical (unpaired) electrons. The molecule has 0 aliphatic heterocycles. The molecule has 0 bridgehead atoms. The molecule has 0 fully saturated rings. The molecule has 1 aromatic carbocycles. The van der Waals surface area contributed by atoms with Crippen LogP contribution < -0.4 is 10.6 Å². The molecule has 7 nitrogen and oxygen atoms in total. The van der Waals surface area contributed by atoms with Crippen molar-refractivity contribution in [3.8, 4) is 0 Å². The number of aliphatic hydroxyl groups is 1. The Labute approximate surface area is 122 Å². The Bertz CT molecular complexity index is 502. The Balaban J connectivity index is 2.56. The molecule has 0 heterocycles. The number of benzene rings is 1. The van der Waals surface area contributed by atoms with Gasteiger partial charge in [-0.1, -0.05) is 18.2 Å². The van der Waals surface area contributed by atoms with Crippen LogP contribution in [0.15, 0.2) is 24.3 Å². The molecule has 7 heteroatoms. The summed E-state index contributed by atoms with van der Waals surface area (Å²) in [6.07, 6.45) is -0.451. The zero-order chi connectivity index (χ0) is 15.9. The van der Waals surface area contributed by atoms with Gasteiger partial charge in [-0.25, -0.2) is 4.79 Å². The van der Waals surface area contributed by atoms with E-state index < -0.39 is 24.0 Å². The number of hydrogen-bond acceptors (Lipinski definition) is 4. The Morgan fingerprint density at radius 2 is 2.00 bits per heavy atom. The quantitative estimate of drug-likeness (QED) is 0.604. The fourth-order valence-electron chi connectivity index (χ4n) is 1.75. The summed E-state index contributed by atoms with van der Waals surface area (Å²) in [6, 6.07) is 6.62. The monoisotopic (exact) mass is 296 g/mol. The molecule has 1 unspecified atom stereocenters. The second kappa shape index (κ2) is 7.61. The number of ether oxygens (including phenoxy) is 1. The molecule has 1 rings (SSSR count). The molecule has 0 spiro atoms. The standard InChI is InChI=1S/C14H20N2O5/c1-14(20,7-12(17)18)9-15-13(19)16-11-6-4-3-5-10(11)8-21-2/h3-6,20H,7-9H2,1-2H3,(H,17,18)(H2,15,16,19). The van der Waals surface area contributed by atoms with E-state index in [9.17, 15) is 14.7 Å². The van der Waals surface area contributed by atoms with Crippen molar-refractivity contribution in [3.05, 3.63) is 29.8 Å². The van der Waals surface area contributed by atoms with Crippen LogP contribution in [-0.2, 0) is 16.1 Å². The number of hydrogen-bond donors (Lipinski definition) is 4. The van der Waals surface area contributed by atoms with E-state index >= 15 is 0 Å². The van der Waals surface area contributed by atoms with Crippen molar-refractivity contribution in [3.63, 3.8) is 0 Å². The zero-order valence-electron chi connectivity index (χ0n) is 12.0. The van der Waals surface area contributed by atoms with Crippen LogP contribution >= 0.6 is 0 Å². The van der Waals surface area contributed by atoms with Crippen molar-refractivity contribution in [2.24, 2.45) is 0 Å². The lowest BCUT2D eigenvalue weighted by atomic mass is 10.0. The number of methoxy groups -OCH3 is 1. The summed E-state index contributed by atoms with van der Waals surface area (Å²) >= 11 is 0. The maximum Gasteiger partial charge on any atom is 0.319 e.